The Kier molecular flexibility index (Phi) is 2.48. The summed E-state index contributed by atoms with van der Waals surface area (Å²) in [6, 6.07) is 6.78. The van der Waals surface area contributed by atoms with Crippen molar-refractivity contribution >= 4 is 5.82 Å². The van der Waals surface area contributed by atoms with Crippen LogP contribution in [-0.4, -0.2) is 17.6 Å². The number of pyridine rings is 1. The fraction of sp³-hybridized carbons (Fsp3) is 0.545. The Bertz CT molecular complexity index is 258. The minimum atomic E-state index is 0.656. The second-order valence-electron chi connectivity index (χ2n) is 3.73. The van der Waals surface area contributed by atoms with Crippen LogP contribution in [0.5, 0.6) is 0 Å². The van der Waals surface area contributed by atoms with Crippen molar-refractivity contribution in [2.24, 2.45) is 0 Å². The first-order valence-electron chi connectivity index (χ1n) is 5.05. The van der Waals surface area contributed by atoms with Crippen LogP contribution in [0.2, 0.25) is 0 Å². The average Bonchev–Trinajstić information content (AvgIpc) is 2.20. The molecule has 1 atom stereocenters. The highest BCUT2D eigenvalue weighted by molar-refractivity contribution is 5.39. The molecule has 2 heteroatoms. The zero-order chi connectivity index (χ0) is 9.10. The Morgan fingerprint density at radius 3 is 3.00 bits per heavy atom. The number of anilines is 1. The van der Waals surface area contributed by atoms with Gasteiger partial charge in [0, 0.05) is 18.8 Å². The number of nitrogens with zero attached hydrogens (tertiary/aromatic N) is 2. The molecule has 1 saturated heterocycles. The molecule has 70 valence electrons. The average molecular weight is 176 g/mol. The molecule has 0 aromatic carbocycles. The molecule has 13 heavy (non-hydrogen) atoms. The van der Waals surface area contributed by atoms with E-state index in [9.17, 15) is 0 Å². The van der Waals surface area contributed by atoms with Gasteiger partial charge in [0.05, 0.1) is 0 Å². The van der Waals surface area contributed by atoms with Gasteiger partial charge < -0.3 is 4.90 Å². The first-order chi connectivity index (χ1) is 6.38. The highest BCUT2D eigenvalue weighted by atomic mass is 15.2. The molecular formula is C11H16N2. The Hall–Kier alpha value is -1.05. The van der Waals surface area contributed by atoms with E-state index in [1.807, 2.05) is 12.3 Å². The van der Waals surface area contributed by atoms with Crippen LogP contribution in [0.4, 0.5) is 5.82 Å². The van der Waals surface area contributed by atoms with Crippen LogP contribution >= 0.6 is 0 Å². The van der Waals surface area contributed by atoms with Crippen LogP contribution in [0.15, 0.2) is 24.4 Å². The number of hydrogen-bond donors (Lipinski definition) is 0. The van der Waals surface area contributed by atoms with Crippen molar-refractivity contribution in [3.05, 3.63) is 24.4 Å². The lowest BCUT2D eigenvalue weighted by Gasteiger charge is -2.34. The highest BCUT2D eigenvalue weighted by Crippen LogP contribution is 2.21. The monoisotopic (exact) mass is 176 g/mol. The Balaban J connectivity index is 2.15. The molecule has 1 aromatic heterocycles. The van der Waals surface area contributed by atoms with Gasteiger partial charge in [-0.15, -0.1) is 0 Å². The van der Waals surface area contributed by atoms with E-state index in [0.29, 0.717) is 6.04 Å². The number of aromatic nitrogens is 1. The molecule has 0 unspecified atom stereocenters. The van der Waals surface area contributed by atoms with Crippen LogP contribution in [0.25, 0.3) is 0 Å². The Labute approximate surface area is 79.6 Å². The molecule has 0 saturated carbocycles. The molecule has 1 aliphatic rings. The van der Waals surface area contributed by atoms with Gasteiger partial charge in [0.1, 0.15) is 5.82 Å². The summed E-state index contributed by atoms with van der Waals surface area (Å²) in [5.74, 6) is 1.13. The molecule has 2 nitrogen and oxygen atoms in total. The third-order valence-corrected chi connectivity index (χ3v) is 2.75. The standard InChI is InChI=1S/C11H16N2/c1-10-6-3-5-9-13(10)11-7-2-4-8-12-11/h2,4,7-8,10H,3,5-6,9H2,1H3/t10-/m0/s1. The van der Waals surface area contributed by atoms with Gasteiger partial charge in [0.25, 0.3) is 0 Å². The lowest BCUT2D eigenvalue weighted by molar-refractivity contribution is 0.481. The SMILES string of the molecule is C[C@H]1CCCCN1c1ccccn1. The lowest BCUT2D eigenvalue weighted by Crippen LogP contribution is -2.37. The Morgan fingerprint density at radius 2 is 2.31 bits per heavy atom. The molecule has 2 heterocycles. The van der Waals surface area contributed by atoms with Crippen molar-refractivity contribution in [3.8, 4) is 0 Å². The lowest BCUT2D eigenvalue weighted by atomic mass is 10.0. The van der Waals surface area contributed by atoms with Crippen molar-refractivity contribution in [2.45, 2.75) is 32.2 Å². The molecule has 1 fully saturated rings. The first-order valence-corrected chi connectivity index (χ1v) is 5.05. The summed E-state index contributed by atoms with van der Waals surface area (Å²) in [6.45, 7) is 3.45. The Morgan fingerprint density at radius 1 is 1.38 bits per heavy atom. The van der Waals surface area contributed by atoms with Gasteiger partial charge in [0.15, 0.2) is 0 Å². The molecule has 1 aliphatic heterocycles. The van der Waals surface area contributed by atoms with E-state index in [1.165, 1.54) is 19.3 Å². The predicted molar refractivity (Wildman–Crippen MR) is 54.9 cm³/mol. The third kappa shape index (κ3) is 1.82. The topological polar surface area (TPSA) is 16.1 Å². The second kappa shape index (κ2) is 3.77. The summed E-state index contributed by atoms with van der Waals surface area (Å²) in [6.07, 6.45) is 5.85. The molecule has 0 spiro atoms. The summed E-state index contributed by atoms with van der Waals surface area (Å²) in [5.41, 5.74) is 0. The highest BCUT2D eigenvalue weighted by Gasteiger charge is 2.18. The summed E-state index contributed by atoms with van der Waals surface area (Å²) in [7, 11) is 0. The maximum absolute atomic E-state index is 4.38. The van der Waals surface area contributed by atoms with Gasteiger partial charge in [-0.05, 0) is 38.3 Å². The fourth-order valence-electron chi connectivity index (χ4n) is 1.96. The summed E-state index contributed by atoms with van der Waals surface area (Å²) < 4.78 is 0. The smallest absolute Gasteiger partial charge is 0.128 e. The maximum Gasteiger partial charge on any atom is 0.128 e. The van der Waals surface area contributed by atoms with Gasteiger partial charge in [-0.3, -0.25) is 0 Å². The number of piperidine rings is 1. The minimum Gasteiger partial charge on any atom is -0.354 e. The van der Waals surface area contributed by atoms with E-state index >= 15 is 0 Å². The molecule has 0 aliphatic carbocycles. The summed E-state index contributed by atoms with van der Waals surface area (Å²) >= 11 is 0. The summed E-state index contributed by atoms with van der Waals surface area (Å²) in [4.78, 5) is 6.78. The molecule has 0 amide bonds. The van der Waals surface area contributed by atoms with Crippen LogP contribution in [0.3, 0.4) is 0 Å². The molecule has 1 aromatic rings. The van der Waals surface area contributed by atoms with Crippen molar-refractivity contribution in [2.75, 3.05) is 11.4 Å². The van der Waals surface area contributed by atoms with E-state index in [-0.39, 0.29) is 0 Å². The predicted octanol–water partition coefficient (Wildman–Crippen LogP) is 2.46. The zero-order valence-electron chi connectivity index (χ0n) is 8.11. The third-order valence-electron chi connectivity index (χ3n) is 2.75. The van der Waals surface area contributed by atoms with Gasteiger partial charge in [-0.1, -0.05) is 6.07 Å². The maximum atomic E-state index is 4.38. The molecule has 2 rings (SSSR count). The largest absolute Gasteiger partial charge is 0.354 e. The van der Waals surface area contributed by atoms with Crippen LogP contribution in [0.1, 0.15) is 26.2 Å². The number of rotatable bonds is 1. The molecule has 0 radical (unpaired) electrons. The van der Waals surface area contributed by atoms with E-state index in [1.54, 1.807) is 0 Å². The molecular weight excluding hydrogens is 160 g/mol. The van der Waals surface area contributed by atoms with Gasteiger partial charge in [0.2, 0.25) is 0 Å². The van der Waals surface area contributed by atoms with E-state index in [0.717, 1.165) is 12.4 Å². The van der Waals surface area contributed by atoms with E-state index in [4.69, 9.17) is 0 Å². The zero-order valence-corrected chi connectivity index (χ0v) is 8.11. The quantitative estimate of drug-likeness (QED) is 0.653. The van der Waals surface area contributed by atoms with E-state index in [2.05, 4.69) is 28.9 Å². The van der Waals surface area contributed by atoms with Gasteiger partial charge in [-0.2, -0.15) is 0 Å². The first kappa shape index (κ1) is 8.54. The van der Waals surface area contributed by atoms with Crippen LogP contribution in [0, 0.1) is 0 Å². The van der Waals surface area contributed by atoms with Crippen molar-refractivity contribution in [3.63, 3.8) is 0 Å². The van der Waals surface area contributed by atoms with Crippen molar-refractivity contribution in [1.29, 1.82) is 0 Å². The fourth-order valence-corrected chi connectivity index (χ4v) is 1.96. The van der Waals surface area contributed by atoms with Gasteiger partial charge >= 0.3 is 0 Å². The normalized spacial score (nSPS) is 23.2. The second-order valence-corrected chi connectivity index (χ2v) is 3.73. The van der Waals surface area contributed by atoms with Gasteiger partial charge in [-0.25, -0.2) is 4.98 Å². The van der Waals surface area contributed by atoms with Crippen molar-refractivity contribution < 1.29 is 0 Å². The molecule has 0 N–H and O–H groups in total. The number of hydrogen-bond acceptors (Lipinski definition) is 2. The van der Waals surface area contributed by atoms with E-state index < -0.39 is 0 Å². The summed E-state index contributed by atoms with van der Waals surface area (Å²) in [5, 5.41) is 0. The van der Waals surface area contributed by atoms with Crippen LogP contribution in [-0.2, 0) is 0 Å². The molecule has 0 bridgehead atoms. The van der Waals surface area contributed by atoms with Crippen LogP contribution < -0.4 is 4.90 Å². The van der Waals surface area contributed by atoms with Crippen molar-refractivity contribution in [1.82, 2.24) is 4.98 Å². The minimum absolute atomic E-state index is 0.656.